The number of hydrogen-bond acceptors (Lipinski definition) is 4. The minimum atomic E-state index is -0.971. The standard InChI is InChI=1S/C12H16N2O2S/c15-12(16)11-3-1-2-10(14-11)8-13-9-4-6-17-7-5-9/h1-3,9,13H,4-8H2,(H,15,16). The van der Waals surface area contributed by atoms with Gasteiger partial charge in [-0.3, -0.25) is 0 Å². The van der Waals surface area contributed by atoms with Crippen LogP contribution in [0.15, 0.2) is 18.2 Å². The molecule has 92 valence electrons. The fraction of sp³-hybridized carbons (Fsp3) is 0.500. The fourth-order valence-electron chi connectivity index (χ4n) is 1.85. The molecule has 0 saturated carbocycles. The highest BCUT2D eigenvalue weighted by molar-refractivity contribution is 7.99. The third kappa shape index (κ3) is 3.71. The summed E-state index contributed by atoms with van der Waals surface area (Å²) in [5.41, 5.74) is 0.909. The summed E-state index contributed by atoms with van der Waals surface area (Å²) in [6.07, 6.45) is 2.37. The molecule has 1 aromatic heterocycles. The van der Waals surface area contributed by atoms with Crippen molar-refractivity contribution in [1.82, 2.24) is 10.3 Å². The summed E-state index contributed by atoms with van der Waals surface area (Å²) < 4.78 is 0. The molecule has 0 amide bonds. The van der Waals surface area contributed by atoms with Crippen LogP contribution in [0.5, 0.6) is 0 Å². The molecule has 0 spiro atoms. The zero-order valence-electron chi connectivity index (χ0n) is 9.56. The lowest BCUT2D eigenvalue weighted by Crippen LogP contribution is -2.32. The van der Waals surface area contributed by atoms with Gasteiger partial charge in [0.25, 0.3) is 0 Å². The fourth-order valence-corrected chi connectivity index (χ4v) is 2.95. The minimum absolute atomic E-state index is 0.114. The Bertz CT molecular complexity index is 392. The lowest BCUT2D eigenvalue weighted by Gasteiger charge is -2.22. The van der Waals surface area contributed by atoms with E-state index in [1.165, 1.54) is 30.4 Å². The molecule has 1 aliphatic heterocycles. The summed E-state index contributed by atoms with van der Waals surface area (Å²) in [4.78, 5) is 14.9. The first kappa shape index (κ1) is 12.4. The van der Waals surface area contributed by atoms with E-state index in [-0.39, 0.29) is 5.69 Å². The number of hydrogen-bond donors (Lipinski definition) is 2. The number of thioether (sulfide) groups is 1. The van der Waals surface area contributed by atoms with Crippen LogP contribution >= 0.6 is 11.8 Å². The minimum Gasteiger partial charge on any atom is -0.477 e. The third-order valence-electron chi connectivity index (χ3n) is 2.82. The van der Waals surface area contributed by atoms with Gasteiger partial charge in [0, 0.05) is 12.6 Å². The highest BCUT2D eigenvalue weighted by atomic mass is 32.2. The van der Waals surface area contributed by atoms with Crippen molar-refractivity contribution in [1.29, 1.82) is 0 Å². The van der Waals surface area contributed by atoms with Crippen LogP contribution in [0, 0.1) is 0 Å². The number of nitrogens with one attached hydrogen (secondary N) is 1. The Kier molecular flexibility index (Phi) is 4.39. The molecule has 0 aromatic carbocycles. The Balaban J connectivity index is 1.89. The van der Waals surface area contributed by atoms with Gasteiger partial charge in [0.2, 0.25) is 0 Å². The van der Waals surface area contributed by atoms with Gasteiger partial charge in [0.1, 0.15) is 5.69 Å². The molecule has 1 saturated heterocycles. The average Bonchev–Trinajstić information content (AvgIpc) is 2.38. The zero-order chi connectivity index (χ0) is 12.1. The summed E-state index contributed by atoms with van der Waals surface area (Å²) in [7, 11) is 0. The number of pyridine rings is 1. The third-order valence-corrected chi connectivity index (χ3v) is 3.87. The van der Waals surface area contributed by atoms with Gasteiger partial charge in [0.15, 0.2) is 0 Å². The molecule has 17 heavy (non-hydrogen) atoms. The zero-order valence-corrected chi connectivity index (χ0v) is 10.4. The van der Waals surface area contributed by atoms with E-state index < -0.39 is 5.97 Å². The second-order valence-corrected chi connectivity index (χ2v) is 5.31. The van der Waals surface area contributed by atoms with E-state index in [2.05, 4.69) is 10.3 Å². The number of carboxylic acid groups (broad SMARTS) is 1. The maximum atomic E-state index is 10.8. The van der Waals surface area contributed by atoms with Crippen LogP contribution in [0.1, 0.15) is 29.0 Å². The molecule has 2 rings (SSSR count). The van der Waals surface area contributed by atoms with Gasteiger partial charge in [-0.1, -0.05) is 6.07 Å². The Hall–Kier alpha value is -1.07. The molecule has 0 bridgehead atoms. The van der Waals surface area contributed by atoms with Crippen LogP contribution in [0.2, 0.25) is 0 Å². The SMILES string of the molecule is O=C(O)c1cccc(CNC2CCSCC2)n1. The van der Waals surface area contributed by atoms with Crippen LogP contribution in [-0.4, -0.2) is 33.6 Å². The maximum Gasteiger partial charge on any atom is 0.354 e. The van der Waals surface area contributed by atoms with Crippen molar-refractivity contribution in [2.45, 2.75) is 25.4 Å². The maximum absolute atomic E-state index is 10.8. The van der Waals surface area contributed by atoms with E-state index in [4.69, 9.17) is 5.11 Å². The quantitative estimate of drug-likeness (QED) is 0.855. The summed E-state index contributed by atoms with van der Waals surface area (Å²) in [5, 5.41) is 12.3. The van der Waals surface area contributed by atoms with Gasteiger partial charge in [-0.25, -0.2) is 9.78 Å². The molecule has 4 nitrogen and oxygen atoms in total. The Morgan fingerprint density at radius 3 is 2.94 bits per heavy atom. The van der Waals surface area contributed by atoms with Crippen molar-refractivity contribution in [2.24, 2.45) is 0 Å². The van der Waals surface area contributed by atoms with Gasteiger partial charge in [-0.2, -0.15) is 11.8 Å². The van der Waals surface area contributed by atoms with Crippen LogP contribution in [-0.2, 0) is 6.54 Å². The van der Waals surface area contributed by atoms with Crippen molar-refractivity contribution in [3.8, 4) is 0 Å². The van der Waals surface area contributed by atoms with Gasteiger partial charge in [-0.05, 0) is 36.5 Å². The van der Waals surface area contributed by atoms with Gasteiger partial charge in [0.05, 0.1) is 5.69 Å². The first-order valence-corrected chi connectivity index (χ1v) is 6.91. The van der Waals surface area contributed by atoms with E-state index in [0.29, 0.717) is 12.6 Å². The summed E-state index contributed by atoms with van der Waals surface area (Å²) in [6.45, 7) is 0.649. The number of carboxylic acids is 1. The number of nitrogens with zero attached hydrogens (tertiary/aromatic N) is 1. The van der Waals surface area contributed by atoms with Crippen LogP contribution in [0.4, 0.5) is 0 Å². The van der Waals surface area contributed by atoms with Crippen LogP contribution in [0.3, 0.4) is 0 Å². The highest BCUT2D eigenvalue weighted by Gasteiger charge is 2.13. The second-order valence-electron chi connectivity index (χ2n) is 4.09. The summed E-state index contributed by atoms with van der Waals surface area (Å²) in [5.74, 6) is 1.45. The molecule has 0 atom stereocenters. The van der Waals surface area contributed by atoms with E-state index in [1.54, 1.807) is 6.07 Å². The van der Waals surface area contributed by atoms with Gasteiger partial charge >= 0.3 is 5.97 Å². The molecule has 1 aromatic rings. The van der Waals surface area contributed by atoms with E-state index in [9.17, 15) is 4.79 Å². The molecule has 2 heterocycles. The first-order valence-electron chi connectivity index (χ1n) is 5.76. The number of carbonyl (C=O) groups is 1. The van der Waals surface area contributed by atoms with E-state index in [1.807, 2.05) is 17.8 Å². The Morgan fingerprint density at radius 2 is 2.24 bits per heavy atom. The lowest BCUT2D eigenvalue weighted by atomic mass is 10.1. The van der Waals surface area contributed by atoms with E-state index >= 15 is 0 Å². The largest absolute Gasteiger partial charge is 0.477 e. The average molecular weight is 252 g/mol. The van der Waals surface area contributed by atoms with Crippen molar-refractivity contribution < 1.29 is 9.90 Å². The van der Waals surface area contributed by atoms with Crippen molar-refractivity contribution in [2.75, 3.05) is 11.5 Å². The topological polar surface area (TPSA) is 62.2 Å². The predicted molar refractivity (Wildman–Crippen MR) is 68.4 cm³/mol. The molecule has 1 fully saturated rings. The van der Waals surface area contributed by atoms with Crippen LogP contribution in [0.25, 0.3) is 0 Å². The number of rotatable bonds is 4. The van der Waals surface area contributed by atoms with Crippen molar-refractivity contribution >= 4 is 17.7 Å². The number of aromatic nitrogens is 1. The predicted octanol–water partition coefficient (Wildman–Crippen LogP) is 1.76. The molecule has 1 aliphatic rings. The molecular weight excluding hydrogens is 236 g/mol. The van der Waals surface area contributed by atoms with Gasteiger partial charge < -0.3 is 10.4 Å². The normalized spacial score (nSPS) is 16.9. The number of aromatic carboxylic acids is 1. The van der Waals surface area contributed by atoms with Crippen molar-refractivity contribution in [3.63, 3.8) is 0 Å². The Labute approximate surface area is 105 Å². The molecule has 0 aliphatic carbocycles. The second kappa shape index (κ2) is 6.02. The highest BCUT2D eigenvalue weighted by Crippen LogP contribution is 2.17. The van der Waals surface area contributed by atoms with E-state index in [0.717, 1.165) is 5.69 Å². The van der Waals surface area contributed by atoms with Crippen LogP contribution < -0.4 is 5.32 Å². The molecule has 0 radical (unpaired) electrons. The monoisotopic (exact) mass is 252 g/mol. The molecule has 0 unspecified atom stereocenters. The smallest absolute Gasteiger partial charge is 0.354 e. The van der Waals surface area contributed by atoms with Crippen molar-refractivity contribution in [3.05, 3.63) is 29.6 Å². The summed E-state index contributed by atoms with van der Waals surface area (Å²) >= 11 is 1.99. The molecule has 5 heteroatoms. The molecular formula is C12H16N2O2S. The lowest BCUT2D eigenvalue weighted by molar-refractivity contribution is 0.0690. The Morgan fingerprint density at radius 1 is 1.47 bits per heavy atom. The first-order chi connectivity index (χ1) is 8.25. The molecule has 2 N–H and O–H groups in total. The summed E-state index contributed by atoms with van der Waals surface area (Å²) in [6, 6.07) is 5.66. The van der Waals surface area contributed by atoms with Gasteiger partial charge in [-0.15, -0.1) is 0 Å².